The van der Waals surface area contributed by atoms with Gasteiger partial charge in [-0.1, -0.05) is 12.1 Å². The number of aryl methyl sites for hydroxylation is 2. The molecule has 3 heterocycles. The van der Waals surface area contributed by atoms with Crippen molar-refractivity contribution in [3.8, 4) is 0 Å². The second-order valence-electron chi connectivity index (χ2n) is 7.21. The lowest BCUT2D eigenvalue weighted by Crippen LogP contribution is -2.49. The zero-order chi connectivity index (χ0) is 19.1. The van der Waals surface area contributed by atoms with E-state index in [-0.39, 0.29) is 17.6 Å². The van der Waals surface area contributed by atoms with Crippen LogP contribution >= 0.6 is 0 Å². The molecule has 0 unspecified atom stereocenters. The summed E-state index contributed by atoms with van der Waals surface area (Å²) >= 11 is 0. The molecule has 3 aromatic rings. The summed E-state index contributed by atoms with van der Waals surface area (Å²) in [6.07, 6.45) is 0.381. The number of aromatic nitrogens is 4. The van der Waals surface area contributed by atoms with Crippen LogP contribution in [0.25, 0.3) is 11.0 Å². The minimum atomic E-state index is 0.0130. The molecule has 1 aromatic carbocycles. The molecule has 27 heavy (non-hydrogen) atoms. The molecule has 4 rings (SSSR count). The maximum Gasteiger partial charge on any atom is 0.224 e. The van der Waals surface area contributed by atoms with Gasteiger partial charge in [0.25, 0.3) is 0 Å². The zero-order valence-electron chi connectivity index (χ0n) is 15.8. The SMILES string of the molecule is CC(=O)c1c(C)nn(CCC(=O)N2CC(c3nc4ccccc4[nH]3)C2)c1C. The number of amides is 1. The highest BCUT2D eigenvalue weighted by Gasteiger charge is 2.33. The van der Waals surface area contributed by atoms with Gasteiger partial charge in [0.15, 0.2) is 5.78 Å². The average molecular weight is 365 g/mol. The smallest absolute Gasteiger partial charge is 0.224 e. The molecule has 0 saturated carbocycles. The van der Waals surface area contributed by atoms with Gasteiger partial charge in [0.1, 0.15) is 5.82 Å². The number of nitrogens with zero attached hydrogens (tertiary/aromatic N) is 4. The van der Waals surface area contributed by atoms with Crippen molar-refractivity contribution in [2.45, 2.75) is 39.7 Å². The Morgan fingerprint density at radius 3 is 2.63 bits per heavy atom. The van der Waals surface area contributed by atoms with Gasteiger partial charge in [-0.2, -0.15) is 5.10 Å². The predicted octanol–water partition coefficient (Wildman–Crippen LogP) is 2.59. The van der Waals surface area contributed by atoms with E-state index in [2.05, 4.69) is 15.1 Å². The number of Topliss-reactive ketones (excluding diaryl/α,β-unsaturated/α-hetero) is 1. The van der Waals surface area contributed by atoms with Crippen molar-refractivity contribution in [3.05, 3.63) is 47.0 Å². The number of hydrogen-bond donors (Lipinski definition) is 1. The minimum absolute atomic E-state index is 0.0130. The Hall–Kier alpha value is -2.96. The Morgan fingerprint density at radius 1 is 1.22 bits per heavy atom. The molecule has 1 amide bonds. The van der Waals surface area contributed by atoms with E-state index in [1.807, 2.05) is 43.0 Å². The monoisotopic (exact) mass is 365 g/mol. The molecule has 1 fully saturated rings. The summed E-state index contributed by atoms with van der Waals surface area (Å²) in [6, 6.07) is 7.95. The molecular weight excluding hydrogens is 342 g/mol. The number of para-hydroxylation sites is 2. The van der Waals surface area contributed by atoms with E-state index in [1.165, 1.54) is 0 Å². The molecule has 0 bridgehead atoms. The highest BCUT2D eigenvalue weighted by molar-refractivity contribution is 5.96. The highest BCUT2D eigenvalue weighted by atomic mass is 16.2. The van der Waals surface area contributed by atoms with E-state index < -0.39 is 0 Å². The van der Waals surface area contributed by atoms with E-state index in [4.69, 9.17) is 0 Å². The first-order valence-electron chi connectivity index (χ1n) is 9.21. The van der Waals surface area contributed by atoms with E-state index in [1.54, 1.807) is 11.6 Å². The Bertz CT molecular complexity index is 993. The predicted molar refractivity (Wildman–Crippen MR) is 102 cm³/mol. The Kier molecular flexibility index (Phi) is 4.30. The number of carbonyl (C=O) groups excluding carboxylic acids is 2. The first kappa shape index (κ1) is 17.5. The van der Waals surface area contributed by atoms with E-state index in [0.717, 1.165) is 28.2 Å². The van der Waals surface area contributed by atoms with Crippen molar-refractivity contribution in [3.63, 3.8) is 0 Å². The summed E-state index contributed by atoms with van der Waals surface area (Å²) in [5.41, 5.74) is 4.21. The van der Waals surface area contributed by atoms with E-state index >= 15 is 0 Å². The Morgan fingerprint density at radius 2 is 1.96 bits per heavy atom. The van der Waals surface area contributed by atoms with Gasteiger partial charge in [-0.15, -0.1) is 0 Å². The first-order chi connectivity index (χ1) is 12.9. The van der Waals surface area contributed by atoms with Gasteiger partial charge >= 0.3 is 0 Å². The number of rotatable bonds is 5. The topological polar surface area (TPSA) is 83.9 Å². The van der Waals surface area contributed by atoms with Gasteiger partial charge < -0.3 is 9.88 Å². The normalized spacial score (nSPS) is 14.6. The van der Waals surface area contributed by atoms with Crippen LogP contribution in [0.3, 0.4) is 0 Å². The highest BCUT2D eigenvalue weighted by Crippen LogP contribution is 2.27. The van der Waals surface area contributed by atoms with Gasteiger partial charge in [0.2, 0.25) is 5.91 Å². The quantitative estimate of drug-likeness (QED) is 0.705. The summed E-state index contributed by atoms with van der Waals surface area (Å²) < 4.78 is 1.76. The third-order valence-electron chi connectivity index (χ3n) is 5.30. The standard InChI is InChI=1S/C20H23N5O2/c1-12-19(14(3)26)13(2)25(23-12)9-8-18(27)24-10-15(11-24)20-21-16-6-4-5-7-17(16)22-20/h4-7,15H,8-11H2,1-3H3,(H,21,22). The van der Waals surface area contributed by atoms with Crippen LogP contribution in [-0.4, -0.2) is 49.4 Å². The summed E-state index contributed by atoms with van der Waals surface area (Å²) in [6.45, 7) is 7.12. The van der Waals surface area contributed by atoms with Crippen molar-refractivity contribution in [1.29, 1.82) is 0 Å². The van der Waals surface area contributed by atoms with Crippen molar-refractivity contribution in [1.82, 2.24) is 24.6 Å². The third kappa shape index (κ3) is 3.13. The van der Waals surface area contributed by atoms with Gasteiger partial charge in [-0.05, 0) is 32.9 Å². The second kappa shape index (κ2) is 6.64. The van der Waals surface area contributed by atoms with Gasteiger partial charge in [0.05, 0.1) is 28.2 Å². The summed E-state index contributed by atoms with van der Waals surface area (Å²) in [5.74, 6) is 1.34. The molecule has 1 saturated heterocycles. The molecule has 0 radical (unpaired) electrons. The lowest BCUT2D eigenvalue weighted by Gasteiger charge is -2.38. The zero-order valence-corrected chi connectivity index (χ0v) is 15.8. The Balaban J connectivity index is 1.34. The molecule has 1 aliphatic heterocycles. The van der Waals surface area contributed by atoms with Crippen LogP contribution in [0.2, 0.25) is 0 Å². The number of nitrogens with one attached hydrogen (secondary N) is 1. The first-order valence-corrected chi connectivity index (χ1v) is 9.21. The van der Waals surface area contributed by atoms with Crippen LogP contribution in [-0.2, 0) is 11.3 Å². The lowest BCUT2D eigenvalue weighted by molar-refractivity contribution is -0.136. The summed E-state index contributed by atoms with van der Waals surface area (Å²) in [5, 5.41) is 4.40. The van der Waals surface area contributed by atoms with Gasteiger partial charge in [0, 0.05) is 31.7 Å². The number of benzene rings is 1. The van der Waals surface area contributed by atoms with Crippen LogP contribution < -0.4 is 0 Å². The fourth-order valence-electron chi connectivity index (χ4n) is 3.80. The van der Waals surface area contributed by atoms with Crippen molar-refractivity contribution in [2.75, 3.05) is 13.1 Å². The molecule has 140 valence electrons. The number of imidazole rings is 1. The molecule has 7 nitrogen and oxygen atoms in total. The minimum Gasteiger partial charge on any atom is -0.342 e. The van der Waals surface area contributed by atoms with E-state index in [0.29, 0.717) is 31.6 Å². The molecule has 2 aromatic heterocycles. The van der Waals surface area contributed by atoms with Crippen molar-refractivity contribution in [2.24, 2.45) is 0 Å². The maximum absolute atomic E-state index is 12.5. The lowest BCUT2D eigenvalue weighted by atomic mass is 9.99. The van der Waals surface area contributed by atoms with Crippen LogP contribution in [0.5, 0.6) is 0 Å². The molecule has 7 heteroatoms. The fraction of sp³-hybridized carbons (Fsp3) is 0.400. The largest absolute Gasteiger partial charge is 0.342 e. The number of likely N-dealkylation sites (tertiary alicyclic amines) is 1. The Labute approximate surface area is 157 Å². The van der Waals surface area contributed by atoms with E-state index in [9.17, 15) is 9.59 Å². The molecular formula is C20H23N5O2. The number of H-pyrrole nitrogens is 1. The molecule has 0 atom stereocenters. The molecule has 0 aliphatic carbocycles. The van der Waals surface area contributed by atoms with Crippen LogP contribution in [0.4, 0.5) is 0 Å². The van der Waals surface area contributed by atoms with Gasteiger partial charge in [-0.25, -0.2) is 4.98 Å². The summed E-state index contributed by atoms with van der Waals surface area (Å²) in [7, 11) is 0. The summed E-state index contributed by atoms with van der Waals surface area (Å²) in [4.78, 5) is 34.0. The number of carbonyl (C=O) groups is 2. The molecule has 1 N–H and O–H groups in total. The van der Waals surface area contributed by atoms with Crippen LogP contribution in [0.15, 0.2) is 24.3 Å². The average Bonchev–Trinajstić information content (AvgIpc) is 3.11. The van der Waals surface area contributed by atoms with Gasteiger partial charge in [-0.3, -0.25) is 14.3 Å². The molecule has 0 spiro atoms. The molecule has 1 aliphatic rings. The second-order valence-corrected chi connectivity index (χ2v) is 7.21. The number of aromatic amines is 1. The fourth-order valence-corrected chi connectivity index (χ4v) is 3.80. The third-order valence-corrected chi connectivity index (χ3v) is 5.30. The van der Waals surface area contributed by atoms with Crippen LogP contribution in [0.1, 0.15) is 46.8 Å². The van der Waals surface area contributed by atoms with Crippen molar-refractivity contribution < 1.29 is 9.59 Å². The maximum atomic E-state index is 12.5. The number of fused-ring (bicyclic) bond motifs is 1. The number of hydrogen-bond acceptors (Lipinski definition) is 4. The van der Waals surface area contributed by atoms with Crippen molar-refractivity contribution >= 4 is 22.7 Å². The number of ketones is 1. The van der Waals surface area contributed by atoms with Crippen LogP contribution in [0, 0.1) is 13.8 Å².